The van der Waals surface area contributed by atoms with E-state index < -0.39 is 0 Å². The summed E-state index contributed by atoms with van der Waals surface area (Å²) < 4.78 is 0. The van der Waals surface area contributed by atoms with Gasteiger partial charge in [-0.2, -0.15) is 0 Å². The predicted octanol–water partition coefficient (Wildman–Crippen LogP) is 1.96. The van der Waals surface area contributed by atoms with Crippen molar-refractivity contribution in [3.05, 3.63) is 35.9 Å². The number of piperazine rings is 1. The van der Waals surface area contributed by atoms with E-state index in [0.717, 1.165) is 26.1 Å². The molecule has 2 rings (SSSR count). The molecular weight excluding hydrogens is 236 g/mol. The molecule has 1 N–H and O–H groups in total. The first-order valence-electron chi connectivity index (χ1n) is 7.13. The van der Waals surface area contributed by atoms with Gasteiger partial charge in [0, 0.05) is 37.8 Å². The van der Waals surface area contributed by atoms with Crippen LogP contribution in [0.1, 0.15) is 25.8 Å². The first-order chi connectivity index (χ1) is 9.03. The van der Waals surface area contributed by atoms with Crippen LogP contribution in [0.2, 0.25) is 0 Å². The van der Waals surface area contributed by atoms with Gasteiger partial charge in [-0.05, 0) is 32.9 Å². The molecule has 0 spiro atoms. The van der Waals surface area contributed by atoms with Crippen LogP contribution in [-0.4, -0.2) is 53.2 Å². The molecule has 19 heavy (non-hydrogen) atoms. The van der Waals surface area contributed by atoms with Crippen LogP contribution in [-0.2, 0) is 6.54 Å². The Balaban J connectivity index is 2.17. The molecule has 1 saturated heterocycles. The predicted molar refractivity (Wildman–Crippen MR) is 79.1 cm³/mol. The van der Waals surface area contributed by atoms with Crippen LogP contribution in [0.25, 0.3) is 0 Å². The van der Waals surface area contributed by atoms with Gasteiger partial charge < -0.3 is 10.0 Å². The molecule has 1 atom stereocenters. The lowest BCUT2D eigenvalue weighted by atomic mass is 9.93. The zero-order chi connectivity index (χ0) is 13.9. The van der Waals surface area contributed by atoms with E-state index in [4.69, 9.17) is 0 Å². The summed E-state index contributed by atoms with van der Waals surface area (Å²) in [6, 6.07) is 11.1. The SMILES string of the molecule is CN1CC(CCO)N(Cc2ccccc2)C(C)(C)C1. The highest BCUT2D eigenvalue weighted by Gasteiger charge is 2.38. The number of aliphatic hydroxyl groups excluding tert-OH is 1. The summed E-state index contributed by atoms with van der Waals surface area (Å²) in [6.45, 7) is 7.94. The van der Waals surface area contributed by atoms with Crippen molar-refractivity contribution in [3.8, 4) is 0 Å². The third-order valence-electron chi connectivity index (χ3n) is 4.06. The molecule has 3 nitrogen and oxygen atoms in total. The van der Waals surface area contributed by atoms with E-state index in [-0.39, 0.29) is 12.1 Å². The number of nitrogens with zero attached hydrogens (tertiary/aromatic N) is 2. The second-order valence-corrected chi connectivity index (χ2v) is 6.29. The van der Waals surface area contributed by atoms with E-state index >= 15 is 0 Å². The highest BCUT2D eigenvalue weighted by molar-refractivity contribution is 5.15. The molecule has 0 saturated carbocycles. The molecule has 106 valence electrons. The van der Waals surface area contributed by atoms with Gasteiger partial charge in [-0.3, -0.25) is 4.90 Å². The Bertz CT molecular complexity index is 391. The van der Waals surface area contributed by atoms with E-state index in [1.54, 1.807) is 0 Å². The number of aliphatic hydroxyl groups is 1. The van der Waals surface area contributed by atoms with Crippen LogP contribution in [0.4, 0.5) is 0 Å². The minimum Gasteiger partial charge on any atom is -0.396 e. The molecule has 1 fully saturated rings. The smallest absolute Gasteiger partial charge is 0.0446 e. The monoisotopic (exact) mass is 262 g/mol. The van der Waals surface area contributed by atoms with Gasteiger partial charge in [0.1, 0.15) is 0 Å². The summed E-state index contributed by atoms with van der Waals surface area (Å²) in [6.07, 6.45) is 0.848. The highest BCUT2D eigenvalue weighted by Crippen LogP contribution is 2.28. The van der Waals surface area contributed by atoms with Gasteiger partial charge in [0.25, 0.3) is 0 Å². The Morgan fingerprint density at radius 3 is 2.58 bits per heavy atom. The molecule has 0 amide bonds. The van der Waals surface area contributed by atoms with Gasteiger partial charge in [0.05, 0.1) is 0 Å². The summed E-state index contributed by atoms with van der Waals surface area (Å²) in [5, 5.41) is 9.31. The van der Waals surface area contributed by atoms with E-state index in [0.29, 0.717) is 6.04 Å². The normalized spacial score (nSPS) is 24.5. The molecule has 1 unspecified atom stereocenters. The van der Waals surface area contributed by atoms with Gasteiger partial charge >= 0.3 is 0 Å². The fraction of sp³-hybridized carbons (Fsp3) is 0.625. The van der Waals surface area contributed by atoms with E-state index in [1.807, 2.05) is 0 Å². The maximum absolute atomic E-state index is 9.31. The average Bonchev–Trinajstić information content (AvgIpc) is 2.34. The Morgan fingerprint density at radius 1 is 1.26 bits per heavy atom. The van der Waals surface area contributed by atoms with Crippen molar-refractivity contribution < 1.29 is 5.11 Å². The molecule has 0 aromatic heterocycles. The summed E-state index contributed by atoms with van der Waals surface area (Å²) in [5.41, 5.74) is 1.49. The number of likely N-dealkylation sites (N-methyl/N-ethyl adjacent to an activating group) is 1. The summed E-state index contributed by atoms with van der Waals surface area (Å²) in [4.78, 5) is 4.93. The maximum Gasteiger partial charge on any atom is 0.0446 e. The van der Waals surface area contributed by atoms with Crippen molar-refractivity contribution in [2.24, 2.45) is 0 Å². The standard InChI is InChI=1S/C16H26N2O/c1-16(2)13-17(3)12-15(9-10-19)18(16)11-14-7-5-4-6-8-14/h4-8,15,19H,9-13H2,1-3H3. The molecule has 1 aromatic rings. The second kappa shape index (κ2) is 6.04. The van der Waals surface area contributed by atoms with E-state index in [1.165, 1.54) is 5.56 Å². The number of hydrogen-bond acceptors (Lipinski definition) is 3. The Hall–Kier alpha value is -0.900. The lowest BCUT2D eigenvalue weighted by Crippen LogP contribution is -2.62. The first-order valence-corrected chi connectivity index (χ1v) is 7.13. The van der Waals surface area contributed by atoms with Crippen LogP contribution in [0, 0.1) is 0 Å². The zero-order valence-electron chi connectivity index (χ0n) is 12.3. The number of rotatable bonds is 4. The van der Waals surface area contributed by atoms with Gasteiger partial charge in [-0.1, -0.05) is 30.3 Å². The first kappa shape index (κ1) is 14.5. The maximum atomic E-state index is 9.31. The van der Waals surface area contributed by atoms with E-state index in [9.17, 15) is 5.11 Å². The zero-order valence-corrected chi connectivity index (χ0v) is 12.3. The van der Waals surface area contributed by atoms with Crippen LogP contribution >= 0.6 is 0 Å². The topological polar surface area (TPSA) is 26.7 Å². The van der Waals surface area contributed by atoms with Crippen molar-refractivity contribution in [1.82, 2.24) is 9.80 Å². The molecule has 1 heterocycles. The van der Waals surface area contributed by atoms with Gasteiger partial charge in [0.15, 0.2) is 0 Å². The summed E-state index contributed by atoms with van der Waals surface area (Å²) in [7, 11) is 2.17. The molecule has 0 radical (unpaired) electrons. The van der Waals surface area contributed by atoms with Crippen LogP contribution in [0.3, 0.4) is 0 Å². The molecular formula is C16H26N2O. The molecule has 1 aliphatic rings. The van der Waals surface area contributed by atoms with Crippen molar-refractivity contribution in [2.75, 3.05) is 26.7 Å². The molecule has 0 bridgehead atoms. The van der Waals surface area contributed by atoms with Crippen LogP contribution in [0.5, 0.6) is 0 Å². The fourth-order valence-corrected chi connectivity index (χ4v) is 3.29. The average molecular weight is 262 g/mol. The second-order valence-electron chi connectivity index (χ2n) is 6.29. The van der Waals surface area contributed by atoms with Gasteiger partial charge in [-0.25, -0.2) is 0 Å². The lowest BCUT2D eigenvalue weighted by Gasteiger charge is -2.51. The lowest BCUT2D eigenvalue weighted by molar-refractivity contribution is -0.0301. The minimum absolute atomic E-state index is 0.142. The number of hydrogen-bond donors (Lipinski definition) is 1. The summed E-state index contributed by atoms with van der Waals surface area (Å²) in [5.74, 6) is 0. The third kappa shape index (κ3) is 3.56. The van der Waals surface area contributed by atoms with Crippen molar-refractivity contribution in [1.29, 1.82) is 0 Å². The minimum atomic E-state index is 0.142. The summed E-state index contributed by atoms with van der Waals surface area (Å²) >= 11 is 0. The van der Waals surface area contributed by atoms with Gasteiger partial charge in [0.2, 0.25) is 0 Å². The highest BCUT2D eigenvalue weighted by atomic mass is 16.3. The van der Waals surface area contributed by atoms with Crippen molar-refractivity contribution in [3.63, 3.8) is 0 Å². The Morgan fingerprint density at radius 2 is 1.95 bits per heavy atom. The number of benzene rings is 1. The van der Waals surface area contributed by atoms with Crippen molar-refractivity contribution >= 4 is 0 Å². The fourth-order valence-electron chi connectivity index (χ4n) is 3.29. The molecule has 1 aliphatic heterocycles. The van der Waals surface area contributed by atoms with Crippen molar-refractivity contribution in [2.45, 2.75) is 38.4 Å². The molecule has 0 aliphatic carbocycles. The third-order valence-corrected chi connectivity index (χ3v) is 4.06. The largest absolute Gasteiger partial charge is 0.396 e. The van der Waals surface area contributed by atoms with E-state index in [2.05, 4.69) is 61.0 Å². The van der Waals surface area contributed by atoms with Crippen LogP contribution in [0.15, 0.2) is 30.3 Å². The molecule has 3 heteroatoms. The van der Waals surface area contributed by atoms with Crippen LogP contribution < -0.4 is 0 Å². The Kier molecular flexibility index (Phi) is 4.61. The van der Waals surface area contributed by atoms with Gasteiger partial charge in [-0.15, -0.1) is 0 Å². The molecule has 1 aromatic carbocycles. The quantitative estimate of drug-likeness (QED) is 0.898. The Labute approximate surface area is 116 Å².